The Bertz CT molecular complexity index is 756. The van der Waals surface area contributed by atoms with Gasteiger partial charge in [0.2, 0.25) is 0 Å². The van der Waals surface area contributed by atoms with E-state index >= 15 is 0 Å². The lowest BCUT2D eigenvalue weighted by Gasteiger charge is -2.21. The van der Waals surface area contributed by atoms with Gasteiger partial charge in [0, 0.05) is 59.0 Å². The Morgan fingerprint density at radius 3 is 2.84 bits per heavy atom. The molecule has 1 aliphatic heterocycles. The predicted octanol–water partition coefficient (Wildman–Crippen LogP) is 3.01. The second kappa shape index (κ2) is 13.8. The molecule has 3 rings (SSSR count). The van der Waals surface area contributed by atoms with Gasteiger partial charge in [-0.1, -0.05) is 30.3 Å². The molecule has 1 fully saturated rings. The van der Waals surface area contributed by atoms with Gasteiger partial charge in [-0.15, -0.1) is 0 Å². The molecule has 0 spiro atoms. The molecule has 0 atom stereocenters. The summed E-state index contributed by atoms with van der Waals surface area (Å²) in [6.45, 7) is 5.82. The molecule has 170 valence electrons. The summed E-state index contributed by atoms with van der Waals surface area (Å²) in [5, 5.41) is 6.72. The van der Waals surface area contributed by atoms with Crippen molar-refractivity contribution in [3.05, 3.63) is 54.1 Å². The highest BCUT2D eigenvalue weighted by atomic mass is 16.5. The topological polar surface area (TPSA) is 72.7 Å². The average Bonchev–Trinajstić information content (AvgIpc) is 3.27. The van der Waals surface area contributed by atoms with Crippen molar-refractivity contribution < 1.29 is 9.47 Å². The molecule has 2 N–H and O–H groups in total. The number of hydrogen-bond acceptors (Lipinski definition) is 4. The maximum absolute atomic E-state index is 5.82. The Labute approximate surface area is 186 Å². The van der Waals surface area contributed by atoms with Gasteiger partial charge in [0.15, 0.2) is 5.96 Å². The third-order valence-electron chi connectivity index (χ3n) is 5.60. The van der Waals surface area contributed by atoms with E-state index in [1.807, 2.05) is 12.4 Å². The number of nitrogens with zero attached hydrogens (tertiary/aromatic N) is 3. The first-order valence-corrected chi connectivity index (χ1v) is 11.5. The van der Waals surface area contributed by atoms with Gasteiger partial charge in [-0.2, -0.15) is 0 Å². The summed E-state index contributed by atoms with van der Waals surface area (Å²) < 4.78 is 13.4. The number of aromatic nitrogens is 2. The van der Waals surface area contributed by atoms with Crippen molar-refractivity contribution in [3.63, 3.8) is 0 Å². The largest absolute Gasteiger partial charge is 0.381 e. The van der Waals surface area contributed by atoms with E-state index in [1.165, 1.54) is 5.56 Å². The van der Waals surface area contributed by atoms with Crippen LogP contribution in [0.4, 0.5) is 0 Å². The first-order chi connectivity index (χ1) is 15.3. The van der Waals surface area contributed by atoms with Crippen LogP contribution in [0.3, 0.4) is 0 Å². The molecule has 0 aliphatic carbocycles. The molecule has 0 unspecified atom stereocenters. The van der Waals surface area contributed by atoms with Crippen LogP contribution < -0.4 is 10.6 Å². The molecule has 1 aliphatic rings. The summed E-state index contributed by atoms with van der Waals surface area (Å²) >= 11 is 0. The number of ether oxygens (including phenoxy) is 2. The van der Waals surface area contributed by atoms with Crippen molar-refractivity contribution in [1.82, 2.24) is 20.2 Å². The number of aliphatic imine (C=N–C) groups is 1. The van der Waals surface area contributed by atoms with Crippen LogP contribution in [0.1, 0.15) is 37.1 Å². The van der Waals surface area contributed by atoms with E-state index < -0.39 is 0 Å². The first-order valence-electron chi connectivity index (χ1n) is 11.5. The van der Waals surface area contributed by atoms with Crippen molar-refractivity contribution in [3.8, 4) is 0 Å². The summed E-state index contributed by atoms with van der Waals surface area (Å²) in [4.78, 5) is 8.81. The van der Waals surface area contributed by atoms with E-state index in [1.54, 1.807) is 7.05 Å². The van der Waals surface area contributed by atoms with Gasteiger partial charge in [0.05, 0.1) is 6.54 Å². The molecule has 0 radical (unpaired) electrons. The monoisotopic (exact) mass is 427 g/mol. The Morgan fingerprint density at radius 2 is 2.03 bits per heavy atom. The van der Waals surface area contributed by atoms with E-state index in [0.717, 1.165) is 83.4 Å². The average molecular weight is 428 g/mol. The number of hydrogen-bond donors (Lipinski definition) is 2. The summed E-state index contributed by atoms with van der Waals surface area (Å²) in [5.74, 6) is 2.48. The van der Waals surface area contributed by atoms with Crippen LogP contribution in [0.5, 0.6) is 0 Å². The third-order valence-corrected chi connectivity index (χ3v) is 5.60. The highest BCUT2D eigenvalue weighted by Gasteiger charge is 2.13. The Hall–Kier alpha value is -2.38. The quantitative estimate of drug-likeness (QED) is 0.309. The number of imidazole rings is 1. The molecule has 0 amide bonds. The van der Waals surface area contributed by atoms with Gasteiger partial charge in [-0.3, -0.25) is 4.99 Å². The lowest BCUT2D eigenvalue weighted by molar-refractivity contribution is 0.0203. The second-order valence-corrected chi connectivity index (χ2v) is 7.96. The standard InChI is InChI=1S/C24H37N5O2/c1-25-24(27-12-6-16-31-20-22-10-17-30-18-11-22)28-19-23-26-13-15-29(23)14-5-9-21-7-3-2-4-8-21/h2-4,7-8,13,15,22H,5-6,9-12,14,16-20H2,1H3,(H2,25,27,28). The number of nitrogens with one attached hydrogen (secondary N) is 2. The van der Waals surface area contributed by atoms with E-state index in [4.69, 9.17) is 9.47 Å². The molecule has 0 bridgehead atoms. The molecule has 2 heterocycles. The van der Waals surface area contributed by atoms with Gasteiger partial charge in [0.1, 0.15) is 5.82 Å². The van der Waals surface area contributed by atoms with E-state index in [-0.39, 0.29) is 0 Å². The predicted molar refractivity (Wildman–Crippen MR) is 124 cm³/mol. The SMILES string of the molecule is CN=C(NCCCOCC1CCOCC1)NCc1nccn1CCCc1ccccc1. The molecule has 1 saturated heterocycles. The molecule has 0 saturated carbocycles. The van der Waals surface area contributed by atoms with Gasteiger partial charge >= 0.3 is 0 Å². The van der Waals surface area contributed by atoms with Crippen molar-refractivity contribution in [2.24, 2.45) is 10.9 Å². The highest BCUT2D eigenvalue weighted by molar-refractivity contribution is 5.79. The summed E-state index contributed by atoms with van der Waals surface area (Å²) in [7, 11) is 1.79. The van der Waals surface area contributed by atoms with Gasteiger partial charge in [-0.25, -0.2) is 4.98 Å². The maximum Gasteiger partial charge on any atom is 0.191 e. The number of rotatable bonds is 12. The number of benzene rings is 1. The van der Waals surface area contributed by atoms with Crippen molar-refractivity contribution in [2.75, 3.05) is 40.0 Å². The van der Waals surface area contributed by atoms with Crippen LogP contribution in [0.2, 0.25) is 0 Å². The van der Waals surface area contributed by atoms with Gasteiger partial charge in [-0.05, 0) is 43.6 Å². The fraction of sp³-hybridized carbons (Fsp3) is 0.583. The van der Waals surface area contributed by atoms with Crippen LogP contribution in [0, 0.1) is 5.92 Å². The van der Waals surface area contributed by atoms with E-state index in [0.29, 0.717) is 12.5 Å². The molecular formula is C24H37N5O2. The number of aryl methyl sites for hydroxylation is 2. The maximum atomic E-state index is 5.82. The molecule has 7 nitrogen and oxygen atoms in total. The third kappa shape index (κ3) is 8.71. The minimum Gasteiger partial charge on any atom is -0.381 e. The Balaban J connectivity index is 1.28. The molecule has 31 heavy (non-hydrogen) atoms. The molecule has 1 aromatic carbocycles. The fourth-order valence-corrected chi connectivity index (χ4v) is 3.74. The van der Waals surface area contributed by atoms with Crippen LogP contribution in [0.15, 0.2) is 47.7 Å². The molecular weight excluding hydrogens is 390 g/mol. The van der Waals surface area contributed by atoms with E-state index in [2.05, 4.69) is 55.5 Å². The van der Waals surface area contributed by atoms with Crippen LogP contribution in [-0.4, -0.2) is 55.5 Å². The van der Waals surface area contributed by atoms with Crippen LogP contribution in [-0.2, 0) is 29.0 Å². The normalized spacial score (nSPS) is 15.2. The van der Waals surface area contributed by atoms with Gasteiger partial charge in [0.25, 0.3) is 0 Å². The van der Waals surface area contributed by atoms with Gasteiger partial charge < -0.3 is 24.7 Å². The van der Waals surface area contributed by atoms with E-state index in [9.17, 15) is 0 Å². The minimum absolute atomic E-state index is 0.651. The molecule has 7 heteroatoms. The number of guanidine groups is 1. The summed E-state index contributed by atoms with van der Waals surface area (Å²) in [6, 6.07) is 10.6. The zero-order valence-corrected chi connectivity index (χ0v) is 18.8. The fourth-order valence-electron chi connectivity index (χ4n) is 3.74. The minimum atomic E-state index is 0.651. The lowest BCUT2D eigenvalue weighted by atomic mass is 10.0. The van der Waals surface area contributed by atoms with Crippen LogP contribution >= 0.6 is 0 Å². The summed E-state index contributed by atoms with van der Waals surface area (Å²) in [5.41, 5.74) is 1.38. The second-order valence-electron chi connectivity index (χ2n) is 7.96. The zero-order valence-electron chi connectivity index (χ0n) is 18.8. The molecule has 2 aromatic rings. The highest BCUT2D eigenvalue weighted by Crippen LogP contribution is 2.14. The van der Waals surface area contributed by atoms with Crippen LogP contribution in [0.25, 0.3) is 0 Å². The smallest absolute Gasteiger partial charge is 0.191 e. The zero-order chi connectivity index (χ0) is 21.6. The Kier molecular flexibility index (Phi) is 10.4. The van der Waals surface area contributed by atoms with Crippen molar-refractivity contribution in [1.29, 1.82) is 0 Å². The summed E-state index contributed by atoms with van der Waals surface area (Å²) in [6.07, 6.45) is 9.28. The van der Waals surface area contributed by atoms with Crippen molar-refractivity contribution in [2.45, 2.75) is 45.2 Å². The molecule has 1 aromatic heterocycles. The van der Waals surface area contributed by atoms with Crippen molar-refractivity contribution >= 4 is 5.96 Å². The Morgan fingerprint density at radius 1 is 1.19 bits per heavy atom. The first kappa shape index (κ1) is 23.3. The lowest BCUT2D eigenvalue weighted by Crippen LogP contribution is -2.38.